The van der Waals surface area contributed by atoms with Crippen LogP contribution in [0.4, 0.5) is 5.69 Å². The molecule has 0 saturated carbocycles. The first kappa shape index (κ1) is 14.5. The molecule has 1 N–H and O–H groups in total. The lowest BCUT2D eigenvalue weighted by Gasteiger charge is -2.13. The quantitative estimate of drug-likeness (QED) is 0.655. The molecule has 1 atom stereocenters. The van der Waals surface area contributed by atoms with Crippen LogP contribution < -0.4 is 4.74 Å². The monoisotopic (exact) mass is 293 g/mol. The number of hydrogen-bond acceptors (Lipinski definition) is 5. The molecule has 0 unspecified atom stereocenters. The minimum atomic E-state index is -0.813. The zero-order valence-corrected chi connectivity index (χ0v) is 11.8. The summed E-state index contributed by atoms with van der Waals surface area (Å²) >= 11 is 1.66. The number of nitro benzene ring substituents is 1. The van der Waals surface area contributed by atoms with Crippen LogP contribution >= 0.6 is 11.3 Å². The van der Waals surface area contributed by atoms with E-state index in [-0.39, 0.29) is 5.69 Å². The zero-order valence-electron chi connectivity index (χ0n) is 11.0. The summed E-state index contributed by atoms with van der Waals surface area (Å²) in [6.07, 6.45) is -0.0416. The Labute approximate surface area is 120 Å². The van der Waals surface area contributed by atoms with Gasteiger partial charge in [0.05, 0.1) is 17.6 Å². The lowest BCUT2D eigenvalue weighted by molar-refractivity contribution is -0.385. The van der Waals surface area contributed by atoms with Gasteiger partial charge in [0.15, 0.2) is 0 Å². The van der Waals surface area contributed by atoms with Crippen molar-refractivity contribution < 1.29 is 14.8 Å². The van der Waals surface area contributed by atoms with Crippen molar-refractivity contribution in [2.24, 2.45) is 0 Å². The van der Waals surface area contributed by atoms with Crippen LogP contribution in [-0.2, 0) is 6.42 Å². The molecule has 0 aliphatic heterocycles. The van der Waals surface area contributed by atoms with Crippen molar-refractivity contribution in [3.63, 3.8) is 0 Å². The van der Waals surface area contributed by atoms with Crippen LogP contribution in [0.25, 0.3) is 0 Å². The molecule has 0 saturated heterocycles. The fraction of sp³-hybridized carbons (Fsp3) is 0.286. The summed E-state index contributed by atoms with van der Waals surface area (Å²) in [6, 6.07) is 8.28. The largest absolute Gasteiger partial charge is 0.493 e. The van der Waals surface area contributed by atoms with E-state index in [0.29, 0.717) is 17.9 Å². The van der Waals surface area contributed by atoms with E-state index >= 15 is 0 Å². The predicted molar refractivity (Wildman–Crippen MR) is 77.2 cm³/mol. The van der Waals surface area contributed by atoms with E-state index in [4.69, 9.17) is 4.74 Å². The van der Waals surface area contributed by atoms with Crippen molar-refractivity contribution in [3.8, 4) is 5.75 Å². The second-order valence-electron chi connectivity index (χ2n) is 4.33. The van der Waals surface area contributed by atoms with Crippen LogP contribution in [0.3, 0.4) is 0 Å². The number of non-ortho nitro benzene ring substituents is 1. The second-order valence-corrected chi connectivity index (χ2v) is 5.37. The second kappa shape index (κ2) is 6.49. The molecule has 0 amide bonds. The summed E-state index contributed by atoms with van der Waals surface area (Å²) in [5.41, 5.74) is 0.386. The Hall–Kier alpha value is -1.92. The number of nitro groups is 1. The molecule has 0 aliphatic carbocycles. The minimum absolute atomic E-state index is 0.0495. The van der Waals surface area contributed by atoms with Crippen molar-refractivity contribution in [3.05, 3.63) is 56.3 Å². The minimum Gasteiger partial charge on any atom is -0.493 e. The van der Waals surface area contributed by atoms with Crippen molar-refractivity contribution in [2.75, 3.05) is 6.61 Å². The molecule has 1 heterocycles. The van der Waals surface area contributed by atoms with Gasteiger partial charge in [-0.3, -0.25) is 10.1 Å². The average molecular weight is 293 g/mol. The van der Waals surface area contributed by atoms with E-state index < -0.39 is 11.0 Å². The first-order valence-corrected chi connectivity index (χ1v) is 7.07. The van der Waals surface area contributed by atoms with E-state index in [1.165, 1.54) is 23.1 Å². The van der Waals surface area contributed by atoms with Crippen LogP contribution in [0.15, 0.2) is 35.7 Å². The molecule has 0 bridgehead atoms. The van der Waals surface area contributed by atoms with Crippen LogP contribution in [0.5, 0.6) is 5.75 Å². The fourth-order valence-corrected chi connectivity index (χ4v) is 2.51. The Morgan fingerprint density at radius 1 is 1.45 bits per heavy atom. The number of aliphatic hydroxyl groups is 1. The van der Waals surface area contributed by atoms with Gasteiger partial charge in [-0.25, -0.2) is 0 Å². The summed E-state index contributed by atoms with van der Waals surface area (Å²) in [4.78, 5) is 11.5. The number of hydrogen-bond donors (Lipinski definition) is 1. The highest BCUT2D eigenvalue weighted by molar-refractivity contribution is 7.09. The topological polar surface area (TPSA) is 72.6 Å². The molecule has 1 aromatic heterocycles. The molecule has 106 valence electrons. The molecule has 6 heteroatoms. The highest BCUT2D eigenvalue weighted by Crippen LogP contribution is 2.29. The lowest BCUT2D eigenvalue weighted by atomic mass is 10.1. The Balaban J connectivity index is 2.08. The lowest BCUT2D eigenvalue weighted by Crippen LogP contribution is -2.04. The highest BCUT2D eigenvalue weighted by Gasteiger charge is 2.15. The molecule has 20 heavy (non-hydrogen) atoms. The van der Waals surface area contributed by atoms with Crippen LogP contribution in [0.1, 0.15) is 23.5 Å². The number of aliphatic hydroxyl groups excluding tert-OH is 1. The smallest absolute Gasteiger partial charge is 0.270 e. The Morgan fingerprint density at radius 3 is 2.85 bits per heavy atom. The Bertz CT molecular complexity index is 581. The summed E-state index contributed by atoms with van der Waals surface area (Å²) in [7, 11) is 0. The van der Waals surface area contributed by atoms with E-state index in [0.717, 1.165) is 6.42 Å². The van der Waals surface area contributed by atoms with Crippen LogP contribution in [-0.4, -0.2) is 16.6 Å². The van der Waals surface area contributed by atoms with E-state index in [1.807, 2.05) is 17.5 Å². The normalized spacial score (nSPS) is 12.1. The Morgan fingerprint density at radius 2 is 2.25 bits per heavy atom. The molecule has 0 aliphatic rings. The predicted octanol–water partition coefficient (Wildman–Crippen LogP) is 3.33. The van der Waals surface area contributed by atoms with Gasteiger partial charge < -0.3 is 9.84 Å². The number of thiophene rings is 1. The Kier molecular flexibility index (Phi) is 4.70. The molecular weight excluding hydrogens is 278 g/mol. The van der Waals surface area contributed by atoms with E-state index in [2.05, 4.69) is 0 Å². The highest BCUT2D eigenvalue weighted by atomic mass is 32.1. The van der Waals surface area contributed by atoms with Gasteiger partial charge in [0.1, 0.15) is 5.75 Å². The summed E-state index contributed by atoms with van der Waals surface area (Å²) < 4.78 is 5.63. The summed E-state index contributed by atoms with van der Waals surface area (Å²) in [5.74, 6) is 0.488. The molecular formula is C14H15NO4S. The van der Waals surface area contributed by atoms with Crippen molar-refractivity contribution in [1.82, 2.24) is 0 Å². The maximum atomic E-state index is 10.7. The van der Waals surface area contributed by atoms with Crippen molar-refractivity contribution in [2.45, 2.75) is 19.4 Å². The first-order chi connectivity index (χ1) is 9.58. The molecule has 2 rings (SSSR count). The van der Waals surface area contributed by atoms with Gasteiger partial charge in [-0.05, 0) is 24.4 Å². The third-order valence-electron chi connectivity index (χ3n) is 2.84. The average Bonchev–Trinajstić information content (AvgIpc) is 2.91. The SMILES string of the molecule is C[C@H](O)c1cc([N+](=O)[O-])ccc1OCCc1cccs1. The van der Waals surface area contributed by atoms with E-state index in [1.54, 1.807) is 18.3 Å². The molecule has 2 aromatic rings. The van der Waals surface area contributed by atoms with Gasteiger partial charge in [-0.15, -0.1) is 11.3 Å². The van der Waals surface area contributed by atoms with Gasteiger partial charge in [-0.1, -0.05) is 6.07 Å². The van der Waals surface area contributed by atoms with E-state index in [9.17, 15) is 15.2 Å². The standard InChI is InChI=1S/C14H15NO4S/c1-10(16)13-9-11(15(17)18)4-5-14(13)19-7-6-12-3-2-8-20-12/h2-5,8-10,16H,6-7H2,1H3/t10-/m0/s1. The third kappa shape index (κ3) is 3.55. The summed E-state index contributed by atoms with van der Waals surface area (Å²) in [6.45, 7) is 2.03. The van der Waals surface area contributed by atoms with Gasteiger partial charge >= 0.3 is 0 Å². The molecule has 1 aromatic carbocycles. The first-order valence-electron chi connectivity index (χ1n) is 6.19. The van der Waals surface area contributed by atoms with Crippen LogP contribution in [0, 0.1) is 10.1 Å². The number of ether oxygens (including phenoxy) is 1. The zero-order chi connectivity index (χ0) is 14.5. The van der Waals surface area contributed by atoms with Gasteiger partial charge in [0, 0.05) is 29.0 Å². The number of nitrogens with zero attached hydrogens (tertiary/aromatic N) is 1. The molecule has 0 radical (unpaired) electrons. The van der Waals surface area contributed by atoms with Crippen LogP contribution in [0.2, 0.25) is 0 Å². The van der Waals surface area contributed by atoms with Gasteiger partial charge in [-0.2, -0.15) is 0 Å². The van der Waals surface area contributed by atoms with Crippen molar-refractivity contribution >= 4 is 17.0 Å². The van der Waals surface area contributed by atoms with Gasteiger partial charge in [0.2, 0.25) is 0 Å². The number of rotatable bonds is 6. The third-order valence-corrected chi connectivity index (χ3v) is 3.78. The molecule has 0 fully saturated rings. The molecule has 0 spiro atoms. The summed E-state index contributed by atoms with van der Waals surface area (Å²) in [5, 5.41) is 22.4. The number of benzene rings is 1. The van der Waals surface area contributed by atoms with Gasteiger partial charge in [0.25, 0.3) is 5.69 Å². The maximum Gasteiger partial charge on any atom is 0.270 e. The molecule has 5 nitrogen and oxygen atoms in total. The fourth-order valence-electron chi connectivity index (χ4n) is 1.82. The van der Waals surface area contributed by atoms with Crippen molar-refractivity contribution in [1.29, 1.82) is 0 Å². The maximum absolute atomic E-state index is 10.7.